The Labute approximate surface area is 107 Å². The number of hydrogen-bond donors (Lipinski definition) is 1. The van der Waals surface area contributed by atoms with Crippen molar-refractivity contribution in [1.29, 1.82) is 0 Å². The van der Waals surface area contributed by atoms with Gasteiger partial charge >= 0.3 is 7.12 Å². The second-order valence-corrected chi connectivity index (χ2v) is 5.44. The monoisotopic (exact) mass is 252 g/mol. The van der Waals surface area contributed by atoms with Gasteiger partial charge in [0.25, 0.3) is 0 Å². The van der Waals surface area contributed by atoms with Gasteiger partial charge in [-0.1, -0.05) is 0 Å². The van der Waals surface area contributed by atoms with Crippen molar-refractivity contribution in [2.75, 3.05) is 12.4 Å². The van der Waals surface area contributed by atoms with E-state index >= 15 is 0 Å². The smallest absolute Gasteiger partial charge is 0.399 e. The van der Waals surface area contributed by atoms with Crippen LogP contribution < -0.4 is 10.8 Å². The molecule has 1 fully saturated rings. The van der Waals surface area contributed by atoms with Crippen molar-refractivity contribution in [3.05, 3.63) is 18.1 Å². The van der Waals surface area contributed by atoms with Gasteiger partial charge in [-0.05, 0) is 33.8 Å². The number of nitrogens with zero attached hydrogens (tertiary/aromatic N) is 1. The van der Waals surface area contributed by atoms with Crippen LogP contribution in [0.4, 0.5) is 10.2 Å². The molecule has 98 valence electrons. The lowest BCUT2D eigenvalue weighted by Crippen LogP contribution is -2.41. The molecule has 1 aromatic heterocycles. The zero-order valence-corrected chi connectivity index (χ0v) is 11.4. The van der Waals surface area contributed by atoms with Gasteiger partial charge in [0.05, 0.1) is 11.2 Å². The summed E-state index contributed by atoms with van der Waals surface area (Å²) in [6, 6.07) is 1.39. The molecule has 1 N–H and O–H groups in total. The van der Waals surface area contributed by atoms with Crippen LogP contribution in [0.15, 0.2) is 12.3 Å². The summed E-state index contributed by atoms with van der Waals surface area (Å²) in [5, 5.41) is 2.68. The first-order valence-corrected chi connectivity index (χ1v) is 5.96. The summed E-state index contributed by atoms with van der Waals surface area (Å²) in [6.07, 6.45) is 1.57. The lowest BCUT2D eigenvalue weighted by atomic mass is 9.80. The van der Waals surface area contributed by atoms with E-state index in [9.17, 15) is 4.39 Å². The first kappa shape index (κ1) is 13.3. The molecule has 1 aliphatic rings. The molecule has 0 amide bonds. The van der Waals surface area contributed by atoms with Crippen LogP contribution in [0.2, 0.25) is 0 Å². The molecule has 0 spiro atoms. The van der Waals surface area contributed by atoms with Gasteiger partial charge in [-0.2, -0.15) is 0 Å². The van der Waals surface area contributed by atoms with Crippen molar-refractivity contribution in [2.24, 2.45) is 0 Å². The van der Waals surface area contributed by atoms with Crippen LogP contribution in [0, 0.1) is 5.82 Å². The van der Waals surface area contributed by atoms with Crippen LogP contribution in [0.3, 0.4) is 0 Å². The third-order valence-corrected chi connectivity index (χ3v) is 3.62. The molecule has 0 aromatic carbocycles. The van der Waals surface area contributed by atoms with E-state index < -0.39 is 24.1 Å². The molecule has 4 nitrogen and oxygen atoms in total. The normalized spacial score (nSPS) is 21.1. The zero-order chi connectivity index (χ0) is 13.6. The van der Waals surface area contributed by atoms with E-state index in [0.29, 0.717) is 5.46 Å². The summed E-state index contributed by atoms with van der Waals surface area (Å²) in [4.78, 5) is 3.99. The van der Waals surface area contributed by atoms with Gasteiger partial charge in [0.2, 0.25) is 0 Å². The molecule has 1 aromatic rings. The summed E-state index contributed by atoms with van der Waals surface area (Å²) < 4.78 is 25.3. The average Bonchev–Trinajstić information content (AvgIpc) is 2.48. The number of anilines is 1. The summed E-state index contributed by atoms with van der Waals surface area (Å²) in [6.45, 7) is 7.83. The Balaban J connectivity index is 2.27. The maximum absolute atomic E-state index is 13.7. The molecule has 1 aliphatic heterocycles. The van der Waals surface area contributed by atoms with E-state index in [1.807, 2.05) is 27.7 Å². The molecule has 1 saturated heterocycles. The van der Waals surface area contributed by atoms with Crippen molar-refractivity contribution in [1.82, 2.24) is 4.98 Å². The Morgan fingerprint density at radius 1 is 1.22 bits per heavy atom. The van der Waals surface area contributed by atoms with Gasteiger partial charge in [-0.25, -0.2) is 9.37 Å². The van der Waals surface area contributed by atoms with Gasteiger partial charge in [0, 0.05) is 18.7 Å². The molecular formula is C12H18BFN2O2. The maximum atomic E-state index is 13.7. The summed E-state index contributed by atoms with van der Waals surface area (Å²) in [7, 11) is 1.04. The number of hydrogen-bond acceptors (Lipinski definition) is 4. The lowest BCUT2D eigenvalue weighted by Gasteiger charge is -2.32. The van der Waals surface area contributed by atoms with E-state index in [1.165, 1.54) is 6.07 Å². The highest BCUT2D eigenvalue weighted by molar-refractivity contribution is 6.62. The third-order valence-electron chi connectivity index (χ3n) is 3.62. The standard InChI is InChI=1S/C12H18BFN2O2/c1-11(2)12(3,4)18-13(17-11)8-6-9(14)10(15-5)16-7-8/h6-7H,1-5H3,(H,15,16). The molecule has 2 heterocycles. The number of nitrogens with one attached hydrogen (secondary N) is 1. The minimum absolute atomic E-state index is 0.218. The van der Waals surface area contributed by atoms with E-state index in [4.69, 9.17) is 9.31 Å². The minimum atomic E-state index is -0.581. The number of rotatable bonds is 2. The molecular weight excluding hydrogens is 234 g/mol. The van der Waals surface area contributed by atoms with Crippen molar-refractivity contribution >= 4 is 18.4 Å². The Bertz CT molecular complexity index is 449. The quantitative estimate of drug-likeness (QED) is 0.811. The topological polar surface area (TPSA) is 43.4 Å². The van der Waals surface area contributed by atoms with Gasteiger partial charge in [0.15, 0.2) is 11.6 Å². The van der Waals surface area contributed by atoms with Crippen molar-refractivity contribution in [3.63, 3.8) is 0 Å². The molecule has 18 heavy (non-hydrogen) atoms. The van der Waals surface area contributed by atoms with Crippen LogP contribution in [0.25, 0.3) is 0 Å². The molecule has 0 aliphatic carbocycles. The Kier molecular flexibility index (Phi) is 3.11. The van der Waals surface area contributed by atoms with Crippen molar-refractivity contribution < 1.29 is 13.7 Å². The van der Waals surface area contributed by atoms with E-state index in [1.54, 1.807) is 13.2 Å². The van der Waals surface area contributed by atoms with Crippen LogP contribution in [0.5, 0.6) is 0 Å². The van der Waals surface area contributed by atoms with Gasteiger partial charge in [-0.3, -0.25) is 0 Å². The molecule has 0 radical (unpaired) electrons. The molecule has 0 saturated carbocycles. The van der Waals surface area contributed by atoms with Crippen molar-refractivity contribution in [2.45, 2.75) is 38.9 Å². The summed E-state index contributed by atoms with van der Waals surface area (Å²) in [5.41, 5.74) is -0.281. The van der Waals surface area contributed by atoms with Gasteiger partial charge in [-0.15, -0.1) is 0 Å². The third kappa shape index (κ3) is 2.10. The van der Waals surface area contributed by atoms with E-state index in [-0.39, 0.29) is 5.82 Å². The predicted octanol–water partition coefficient (Wildman–Crippen LogP) is 1.56. The van der Waals surface area contributed by atoms with E-state index in [2.05, 4.69) is 10.3 Å². The first-order valence-electron chi connectivity index (χ1n) is 5.96. The fourth-order valence-electron chi connectivity index (χ4n) is 1.74. The lowest BCUT2D eigenvalue weighted by molar-refractivity contribution is 0.00578. The SMILES string of the molecule is CNc1ncc(B2OC(C)(C)C(C)(C)O2)cc1F. The second kappa shape index (κ2) is 4.21. The minimum Gasteiger partial charge on any atom is -0.399 e. The van der Waals surface area contributed by atoms with Gasteiger partial charge in [0.1, 0.15) is 0 Å². The Hall–Kier alpha value is -1.14. The number of halogens is 1. The average molecular weight is 252 g/mol. The second-order valence-electron chi connectivity index (χ2n) is 5.44. The fraction of sp³-hybridized carbons (Fsp3) is 0.583. The van der Waals surface area contributed by atoms with Gasteiger partial charge < -0.3 is 14.6 Å². The largest absolute Gasteiger partial charge is 0.496 e. The van der Waals surface area contributed by atoms with Crippen molar-refractivity contribution in [3.8, 4) is 0 Å². The van der Waals surface area contributed by atoms with Crippen LogP contribution in [-0.4, -0.2) is 30.4 Å². The van der Waals surface area contributed by atoms with Crippen LogP contribution in [-0.2, 0) is 9.31 Å². The predicted molar refractivity (Wildman–Crippen MR) is 69.5 cm³/mol. The summed E-state index contributed by atoms with van der Waals surface area (Å²) >= 11 is 0. The fourth-order valence-corrected chi connectivity index (χ4v) is 1.74. The van der Waals surface area contributed by atoms with Crippen LogP contribution in [0.1, 0.15) is 27.7 Å². The maximum Gasteiger partial charge on any atom is 0.496 e. The molecule has 2 rings (SSSR count). The molecule has 0 unspecified atom stereocenters. The summed E-state index contributed by atoms with van der Waals surface area (Å²) in [5.74, 6) is -0.194. The number of aromatic nitrogens is 1. The van der Waals surface area contributed by atoms with Crippen LogP contribution >= 0.6 is 0 Å². The number of pyridine rings is 1. The highest BCUT2D eigenvalue weighted by atomic mass is 19.1. The molecule has 6 heteroatoms. The highest BCUT2D eigenvalue weighted by Crippen LogP contribution is 2.36. The zero-order valence-electron chi connectivity index (χ0n) is 11.4. The Morgan fingerprint density at radius 2 is 1.78 bits per heavy atom. The Morgan fingerprint density at radius 3 is 2.22 bits per heavy atom. The highest BCUT2D eigenvalue weighted by Gasteiger charge is 2.51. The van der Waals surface area contributed by atoms with E-state index in [0.717, 1.165) is 0 Å². The first-order chi connectivity index (χ1) is 8.27. The molecule has 0 bridgehead atoms. The molecule has 0 atom stereocenters.